The highest BCUT2D eigenvalue weighted by atomic mass is 35.5. The van der Waals surface area contributed by atoms with Gasteiger partial charge in [0.1, 0.15) is 11.4 Å². The number of ether oxygens (including phenoxy) is 1. The summed E-state index contributed by atoms with van der Waals surface area (Å²) in [6.45, 7) is 3.76. The molecule has 1 aliphatic rings. The van der Waals surface area contributed by atoms with Crippen molar-refractivity contribution in [1.82, 2.24) is 0 Å². The molecule has 0 unspecified atom stereocenters. The second-order valence-electron chi connectivity index (χ2n) is 5.37. The number of nitrogens with zero attached hydrogens (tertiary/aromatic N) is 1. The number of benzene rings is 1. The number of allylic oxidation sites excluding steroid dienone is 3. The molecule has 0 spiro atoms. The summed E-state index contributed by atoms with van der Waals surface area (Å²) in [5, 5.41) is 9.50. The van der Waals surface area contributed by atoms with Gasteiger partial charge in [-0.15, -0.1) is 0 Å². The lowest BCUT2D eigenvalue weighted by atomic mass is 10.00. The Morgan fingerprint density at radius 1 is 1.25 bits per heavy atom. The van der Waals surface area contributed by atoms with E-state index in [2.05, 4.69) is 4.99 Å². The largest absolute Gasteiger partial charge is 0.491 e. The molecule has 1 N–H and O–H groups in total. The molecule has 1 aromatic rings. The molecule has 24 heavy (non-hydrogen) atoms. The van der Waals surface area contributed by atoms with Gasteiger partial charge in [-0.05, 0) is 37.6 Å². The van der Waals surface area contributed by atoms with Gasteiger partial charge in [-0.2, -0.15) is 0 Å². The third-order valence-electron chi connectivity index (χ3n) is 2.99. The van der Waals surface area contributed by atoms with Crippen molar-refractivity contribution in [3.63, 3.8) is 0 Å². The highest BCUT2D eigenvalue weighted by molar-refractivity contribution is 6.39. The van der Waals surface area contributed by atoms with Crippen molar-refractivity contribution in [2.45, 2.75) is 26.4 Å². The number of halogens is 2. The van der Waals surface area contributed by atoms with E-state index in [0.29, 0.717) is 22.7 Å². The summed E-state index contributed by atoms with van der Waals surface area (Å²) < 4.78 is 5.54. The summed E-state index contributed by atoms with van der Waals surface area (Å²) in [6.07, 6.45) is 3.64. The number of aliphatic carboxylic acids is 1. The van der Waals surface area contributed by atoms with Crippen LogP contribution in [-0.2, 0) is 9.59 Å². The van der Waals surface area contributed by atoms with Crippen molar-refractivity contribution in [1.29, 1.82) is 0 Å². The lowest BCUT2D eigenvalue weighted by molar-refractivity contribution is -0.136. The first-order chi connectivity index (χ1) is 11.3. The molecule has 126 valence electrons. The van der Waals surface area contributed by atoms with Gasteiger partial charge in [-0.25, -0.2) is 4.99 Å². The van der Waals surface area contributed by atoms with Crippen molar-refractivity contribution in [3.8, 4) is 5.75 Å². The second-order valence-corrected chi connectivity index (χ2v) is 6.19. The van der Waals surface area contributed by atoms with Crippen LogP contribution >= 0.6 is 23.2 Å². The number of hydrogen-bond acceptors (Lipinski definition) is 4. The zero-order chi connectivity index (χ0) is 17.9. The Hall–Kier alpha value is -2.11. The number of carboxylic acid groups (broad SMARTS) is 1. The fraction of sp³-hybridized carbons (Fsp3) is 0.235. The topological polar surface area (TPSA) is 76.0 Å². The molecule has 0 aliphatic heterocycles. The molecule has 2 rings (SSSR count). The van der Waals surface area contributed by atoms with Crippen LogP contribution in [0.5, 0.6) is 5.75 Å². The summed E-state index contributed by atoms with van der Waals surface area (Å²) >= 11 is 12.4. The Morgan fingerprint density at radius 2 is 1.88 bits per heavy atom. The summed E-state index contributed by atoms with van der Waals surface area (Å²) in [5.41, 5.74) is 0.919. The van der Waals surface area contributed by atoms with Crippen molar-refractivity contribution >= 4 is 46.4 Å². The van der Waals surface area contributed by atoms with E-state index < -0.39 is 5.97 Å². The van der Waals surface area contributed by atoms with Crippen molar-refractivity contribution in [2.24, 2.45) is 4.99 Å². The van der Waals surface area contributed by atoms with Crippen LogP contribution < -0.4 is 4.74 Å². The molecule has 0 fully saturated rings. The summed E-state index contributed by atoms with van der Waals surface area (Å²) in [7, 11) is 0. The second kappa shape index (κ2) is 7.64. The van der Waals surface area contributed by atoms with Crippen LogP contribution in [0.4, 0.5) is 5.69 Å². The number of rotatable bonds is 5. The number of hydrogen-bond donors (Lipinski definition) is 1. The van der Waals surface area contributed by atoms with Crippen molar-refractivity contribution in [2.75, 3.05) is 0 Å². The Bertz CT molecular complexity index is 756. The zero-order valence-electron chi connectivity index (χ0n) is 13.0. The Labute approximate surface area is 149 Å². The molecule has 0 aromatic heterocycles. The molecule has 0 amide bonds. The number of carbonyl (C=O) groups excluding carboxylic acids is 1. The maximum Gasteiger partial charge on any atom is 0.307 e. The number of carbonyl (C=O) groups is 2. The van der Waals surface area contributed by atoms with Crippen LogP contribution in [0.25, 0.3) is 0 Å². The predicted octanol–water partition coefficient (Wildman–Crippen LogP) is 4.39. The fourth-order valence-electron chi connectivity index (χ4n) is 2.09. The number of aliphatic imine (C=N–C) groups is 1. The third kappa shape index (κ3) is 4.69. The van der Waals surface area contributed by atoms with E-state index in [-0.39, 0.29) is 28.4 Å². The molecule has 0 bridgehead atoms. The molecule has 0 heterocycles. The first-order valence-electron chi connectivity index (χ1n) is 7.15. The van der Waals surface area contributed by atoms with Crippen molar-refractivity contribution < 1.29 is 19.4 Å². The van der Waals surface area contributed by atoms with Gasteiger partial charge < -0.3 is 9.84 Å². The van der Waals surface area contributed by atoms with Gasteiger partial charge in [-0.1, -0.05) is 23.2 Å². The average Bonchev–Trinajstić information content (AvgIpc) is 2.43. The van der Waals surface area contributed by atoms with Gasteiger partial charge in [0.25, 0.3) is 0 Å². The standard InChI is InChI=1S/C17H15Cl2NO4/c1-9(2)24-12-7-13(18)17(14(19)8-12)20-15-4-3-11(21)5-10(15)6-16(22)23/h3-5,7-9H,6H2,1-2H3,(H,22,23). The monoisotopic (exact) mass is 367 g/mol. The fourth-order valence-corrected chi connectivity index (χ4v) is 2.64. The number of carboxylic acids is 1. The van der Waals surface area contributed by atoms with E-state index in [9.17, 15) is 9.59 Å². The minimum Gasteiger partial charge on any atom is -0.491 e. The quantitative estimate of drug-likeness (QED) is 0.782. The van der Waals surface area contributed by atoms with E-state index >= 15 is 0 Å². The Morgan fingerprint density at radius 3 is 2.42 bits per heavy atom. The molecular weight excluding hydrogens is 353 g/mol. The van der Waals surface area contributed by atoms with Gasteiger partial charge in [0.05, 0.1) is 28.3 Å². The molecule has 1 aliphatic carbocycles. The van der Waals surface area contributed by atoms with Crippen LogP contribution in [0.2, 0.25) is 10.0 Å². The zero-order valence-corrected chi connectivity index (χ0v) is 14.6. The molecular formula is C17H15Cl2NO4. The van der Waals surface area contributed by atoms with Crippen LogP contribution in [0.15, 0.2) is 40.9 Å². The van der Waals surface area contributed by atoms with Gasteiger partial charge in [0, 0.05) is 12.1 Å². The number of ketones is 1. The highest BCUT2D eigenvalue weighted by Gasteiger charge is 2.17. The van der Waals surface area contributed by atoms with E-state index in [4.69, 9.17) is 33.0 Å². The van der Waals surface area contributed by atoms with Crippen LogP contribution in [0, 0.1) is 0 Å². The third-order valence-corrected chi connectivity index (χ3v) is 3.56. The molecule has 5 nitrogen and oxygen atoms in total. The van der Waals surface area contributed by atoms with Gasteiger partial charge in [0.2, 0.25) is 0 Å². The molecule has 0 radical (unpaired) electrons. The van der Waals surface area contributed by atoms with Gasteiger partial charge >= 0.3 is 5.97 Å². The van der Waals surface area contributed by atoms with E-state index in [1.54, 1.807) is 12.1 Å². The summed E-state index contributed by atoms with van der Waals surface area (Å²) in [5.74, 6) is -0.836. The smallest absolute Gasteiger partial charge is 0.307 e. The van der Waals surface area contributed by atoms with Crippen LogP contribution in [0.1, 0.15) is 20.3 Å². The lowest BCUT2D eigenvalue weighted by Gasteiger charge is -2.13. The average molecular weight is 368 g/mol. The maximum atomic E-state index is 11.5. The molecule has 0 atom stereocenters. The molecule has 0 saturated carbocycles. The van der Waals surface area contributed by atoms with E-state index in [1.807, 2.05) is 13.8 Å². The first kappa shape index (κ1) is 18.2. The lowest BCUT2D eigenvalue weighted by Crippen LogP contribution is -2.11. The minimum atomic E-state index is -1.06. The van der Waals surface area contributed by atoms with E-state index in [1.165, 1.54) is 18.2 Å². The van der Waals surface area contributed by atoms with Gasteiger partial charge in [-0.3, -0.25) is 9.59 Å². The predicted molar refractivity (Wildman–Crippen MR) is 93.8 cm³/mol. The SMILES string of the molecule is CC(C)Oc1cc(Cl)c(N=C2C=CC(=O)C=C2CC(=O)O)c(Cl)c1. The minimum absolute atomic E-state index is 0.0355. The normalized spacial score (nSPS) is 15.8. The van der Waals surface area contributed by atoms with Crippen molar-refractivity contribution in [3.05, 3.63) is 46.0 Å². The summed E-state index contributed by atoms with van der Waals surface area (Å²) in [6, 6.07) is 3.18. The van der Waals surface area contributed by atoms with Crippen LogP contribution in [0.3, 0.4) is 0 Å². The Kier molecular flexibility index (Phi) is 5.80. The Balaban J connectivity index is 2.42. The van der Waals surface area contributed by atoms with Crippen LogP contribution in [-0.4, -0.2) is 28.7 Å². The van der Waals surface area contributed by atoms with E-state index in [0.717, 1.165) is 0 Å². The summed E-state index contributed by atoms with van der Waals surface area (Å²) in [4.78, 5) is 26.7. The van der Waals surface area contributed by atoms with Gasteiger partial charge in [0.15, 0.2) is 5.78 Å². The molecule has 7 heteroatoms. The highest BCUT2D eigenvalue weighted by Crippen LogP contribution is 2.38. The first-order valence-corrected chi connectivity index (χ1v) is 7.91. The maximum absolute atomic E-state index is 11.5. The molecule has 0 saturated heterocycles. The molecule has 1 aromatic carbocycles.